The van der Waals surface area contributed by atoms with Crippen molar-refractivity contribution in [3.8, 4) is 29.1 Å². The van der Waals surface area contributed by atoms with Crippen LogP contribution in [0.25, 0.3) is 0 Å². The van der Waals surface area contributed by atoms with Gasteiger partial charge >= 0.3 is 0 Å². The second-order valence-corrected chi connectivity index (χ2v) is 9.30. The van der Waals surface area contributed by atoms with E-state index in [9.17, 15) is 4.79 Å². The molecule has 192 valence electrons. The molecule has 0 bridgehead atoms. The second-order valence-electron chi connectivity index (χ2n) is 9.30. The SMILES string of the molecule is CCOc1cc2c(c(F)c1OCC)C(=N)N(CC(=O)c1cc(OCC#N)c(OC)c(C(C)(C)C)c1)C2. The van der Waals surface area contributed by atoms with Crippen LogP contribution >= 0.6 is 0 Å². The summed E-state index contributed by atoms with van der Waals surface area (Å²) in [5.74, 6) is -0.0261. The Hall–Kier alpha value is -3.80. The first kappa shape index (κ1) is 26.8. The summed E-state index contributed by atoms with van der Waals surface area (Å²) < 4.78 is 37.5. The van der Waals surface area contributed by atoms with Crippen LogP contribution in [0.15, 0.2) is 18.2 Å². The zero-order valence-corrected chi connectivity index (χ0v) is 21.6. The minimum atomic E-state index is -0.663. The number of hydrogen-bond donors (Lipinski definition) is 1. The Balaban J connectivity index is 1.95. The van der Waals surface area contributed by atoms with Crippen LogP contribution < -0.4 is 18.9 Å². The number of benzene rings is 2. The van der Waals surface area contributed by atoms with Crippen LogP contribution in [-0.2, 0) is 12.0 Å². The molecule has 3 rings (SSSR count). The lowest BCUT2D eigenvalue weighted by Crippen LogP contribution is -2.30. The van der Waals surface area contributed by atoms with Crippen molar-refractivity contribution in [2.24, 2.45) is 0 Å². The summed E-state index contributed by atoms with van der Waals surface area (Å²) in [6.45, 7) is 9.90. The van der Waals surface area contributed by atoms with Gasteiger partial charge < -0.3 is 23.8 Å². The number of amidine groups is 1. The average Bonchev–Trinajstić information content (AvgIpc) is 3.13. The molecule has 8 nitrogen and oxygen atoms in total. The van der Waals surface area contributed by atoms with Gasteiger partial charge in [0.1, 0.15) is 11.9 Å². The number of ether oxygens (including phenoxy) is 4. The molecular formula is C27H32FN3O5. The smallest absolute Gasteiger partial charge is 0.197 e. The fraction of sp³-hybridized carbons (Fsp3) is 0.444. The summed E-state index contributed by atoms with van der Waals surface area (Å²) in [4.78, 5) is 14.9. The van der Waals surface area contributed by atoms with Gasteiger partial charge in [0.25, 0.3) is 0 Å². The normalized spacial score (nSPS) is 12.7. The van der Waals surface area contributed by atoms with Crippen molar-refractivity contribution in [1.82, 2.24) is 4.90 Å². The van der Waals surface area contributed by atoms with E-state index in [4.69, 9.17) is 29.6 Å². The van der Waals surface area contributed by atoms with Gasteiger partial charge in [0.05, 0.1) is 32.4 Å². The number of carbonyl (C=O) groups is 1. The Morgan fingerprint density at radius 2 is 1.78 bits per heavy atom. The van der Waals surface area contributed by atoms with E-state index in [0.717, 1.165) is 5.56 Å². The summed E-state index contributed by atoms with van der Waals surface area (Å²) in [7, 11) is 1.51. The topological polar surface area (TPSA) is 105 Å². The van der Waals surface area contributed by atoms with Crippen LogP contribution in [-0.4, -0.2) is 50.0 Å². The van der Waals surface area contributed by atoms with Crippen molar-refractivity contribution in [2.45, 2.75) is 46.6 Å². The predicted octanol–water partition coefficient (Wildman–Crippen LogP) is 4.86. The number of hydrogen-bond acceptors (Lipinski definition) is 7. The first-order valence-electron chi connectivity index (χ1n) is 11.8. The van der Waals surface area contributed by atoms with Crippen molar-refractivity contribution < 1.29 is 28.1 Å². The molecular weight excluding hydrogens is 465 g/mol. The Labute approximate surface area is 211 Å². The molecule has 1 heterocycles. The summed E-state index contributed by atoms with van der Waals surface area (Å²) >= 11 is 0. The molecule has 2 aromatic rings. The summed E-state index contributed by atoms with van der Waals surface area (Å²) in [6.07, 6.45) is 0. The maximum atomic E-state index is 15.4. The number of nitrogens with one attached hydrogen (secondary N) is 1. The highest BCUT2D eigenvalue weighted by atomic mass is 19.1. The second kappa shape index (κ2) is 10.9. The minimum Gasteiger partial charge on any atom is -0.493 e. The fourth-order valence-corrected chi connectivity index (χ4v) is 4.17. The third-order valence-corrected chi connectivity index (χ3v) is 5.79. The van der Waals surface area contributed by atoms with Crippen molar-refractivity contribution in [1.29, 1.82) is 10.7 Å². The van der Waals surface area contributed by atoms with E-state index < -0.39 is 5.82 Å². The minimum absolute atomic E-state index is 0.0275. The molecule has 0 saturated carbocycles. The summed E-state index contributed by atoms with van der Waals surface area (Å²) in [5, 5.41) is 17.6. The number of fused-ring (bicyclic) bond motifs is 1. The van der Waals surface area contributed by atoms with Crippen LogP contribution in [0.5, 0.6) is 23.0 Å². The van der Waals surface area contributed by atoms with E-state index in [-0.39, 0.29) is 60.4 Å². The molecule has 9 heteroatoms. The molecule has 36 heavy (non-hydrogen) atoms. The number of ketones is 1. The van der Waals surface area contributed by atoms with Gasteiger partial charge in [-0.1, -0.05) is 20.8 Å². The molecule has 0 saturated heterocycles. The number of halogens is 1. The van der Waals surface area contributed by atoms with Crippen LogP contribution in [0, 0.1) is 22.6 Å². The monoisotopic (exact) mass is 497 g/mol. The van der Waals surface area contributed by atoms with Crippen molar-refractivity contribution in [2.75, 3.05) is 33.5 Å². The van der Waals surface area contributed by atoms with Crippen LogP contribution in [0.1, 0.15) is 61.7 Å². The summed E-state index contributed by atoms with van der Waals surface area (Å²) in [5.41, 5.74) is 1.38. The largest absolute Gasteiger partial charge is 0.493 e. The first-order chi connectivity index (χ1) is 17.1. The van der Waals surface area contributed by atoms with Crippen molar-refractivity contribution in [3.63, 3.8) is 0 Å². The molecule has 2 aromatic carbocycles. The number of nitrogens with zero attached hydrogens (tertiary/aromatic N) is 2. The van der Waals surface area contributed by atoms with E-state index in [1.807, 2.05) is 26.8 Å². The predicted molar refractivity (Wildman–Crippen MR) is 133 cm³/mol. The Kier molecular flexibility index (Phi) is 8.08. The fourth-order valence-electron chi connectivity index (χ4n) is 4.17. The molecule has 0 spiro atoms. The first-order valence-corrected chi connectivity index (χ1v) is 11.8. The van der Waals surface area contributed by atoms with Gasteiger partial charge in [-0.2, -0.15) is 5.26 Å². The molecule has 0 aliphatic carbocycles. The Morgan fingerprint density at radius 1 is 1.11 bits per heavy atom. The van der Waals surface area contributed by atoms with Gasteiger partial charge in [-0.3, -0.25) is 10.2 Å². The number of Topliss-reactive ketones (excluding diaryl/α,β-unsaturated/α-hetero) is 1. The van der Waals surface area contributed by atoms with E-state index in [1.54, 1.807) is 32.0 Å². The lowest BCUT2D eigenvalue weighted by atomic mass is 9.84. The standard InChI is InChI=1S/C27H32FN3O5/c1-7-34-21-13-17-14-31(26(30)22(17)23(28)25(21)35-8-2)15-19(32)16-11-18(27(3,4)5)24(33-6)20(12-16)36-10-9-29/h11-13,30H,7-8,10,14-15H2,1-6H3. The number of nitriles is 1. The van der Waals surface area contributed by atoms with E-state index >= 15 is 4.39 Å². The van der Waals surface area contributed by atoms with E-state index in [0.29, 0.717) is 29.2 Å². The molecule has 0 atom stereocenters. The number of methoxy groups -OCH3 is 1. The maximum Gasteiger partial charge on any atom is 0.197 e. The van der Waals surface area contributed by atoms with E-state index in [1.165, 1.54) is 12.0 Å². The highest BCUT2D eigenvalue weighted by Crippen LogP contribution is 2.41. The zero-order valence-electron chi connectivity index (χ0n) is 21.6. The van der Waals surface area contributed by atoms with Crippen LogP contribution in [0.4, 0.5) is 4.39 Å². The van der Waals surface area contributed by atoms with Gasteiger partial charge in [-0.15, -0.1) is 0 Å². The average molecular weight is 498 g/mol. The molecule has 1 aliphatic rings. The molecule has 0 fully saturated rings. The summed E-state index contributed by atoms with van der Waals surface area (Å²) in [6, 6.07) is 6.89. The Bertz CT molecular complexity index is 1210. The van der Waals surface area contributed by atoms with Crippen LogP contribution in [0.3, 0.4) is 0 Å². The van der Waals surface area contributed by atoms with Gasteiger partial charge in [-0.25, -0.2) is 4.39 Å². The van der Waals surface area contributed by atoms with Crippen molar-refractivity contribution >= 4 is 11.6 Å². The third-order valence-electron chi connectivity index (χ3n) is 5.79. The quantitative estimate of drug-likeness (QED) is 0.468. The lowest BCUT2D eigenvalue weighted by Gasteiger charge is -2.25. The van der Waals surface area contributed by atoms with Gasteiger partial charge in [-0.05, 0) is 43.0 Å². The van der Waals surface area contributed by atoms with Gasteiger partial charge in [0.15, 0.2) is 41.2 Å². The molecule has 0 amide bonds. The molecule has 1 N–H and O–H groups in total. The molecule has 0 aromatic heterocycles. The highest BCUT2D eigenvalue weighted by Gasteiger charge is 2.33. The molecule has 0 unspecified atom stereocenters. The maximum absolute atomic E-state index is 15.4. The van der Waals surface area contributed by atoms with Crippen molar-refractivity contribution in [3.05, 3.63) is 46.3 Å². The zero-order chi connectivity index (χ0) is 26.6. The third kappa shape index (κ3) is 5.23. The van der Waals surface area contributed by atoms with E-state index in [2.05, 4.69) is 0 Å². The Morgan fingerprint density at radius 3 is 2.36 bits per heavy atom. The van der Waals surface area contributed by atoms with Gasteiger partial charge in [0.2, 0.25) is 0 Å². The number of carbonyl (C=O) groups excluding carboxylic acids is 1. The van der Waals surface area contributed by atoms with Gasteiger partial charge in [0, 0.05) is 17.7 Å². The highest BCUT2D eigenvalue weighted by molar-refractivity contribution is 6.06. The molecule has 0 radical (unpaired) electrons. The lowest BCUT2D eigenvalue weighted by molar-refractivity contribution is 0.0962. The van der Waals surface area contributed by atoms with Crippen LogP contribution in [0.2, 0.25) is 0 Å². The number of rotatable bonds is 10. The molecule has 1 aliphatic heterocycles.